The quantitative estimate of drug-likeness (QED) is 0.699. The molecule has 1 aromatic rings. The van der Waals surface area contributed by atoms with Gasteiger partial charge in [-0.3, -0.25) is 9.59 Å². The molecule has 0 aliphatic carbocycles. The normalized spacial score (nSPS) is 12.9. The smallest absolute Gasteiger partial charge is 0.306 e. The van der Waals surface area contributed by atoms with E-state index in [9.17, 15) is 18.0 Å². The molecule has 0 spiro atoms. The molecule has 0 amide bonds. The second-order valence-electron chi connectivity index (χ2n) is 4.19. The molecule has 1 rings (SSSR count). The van der Waals surface area contributed by atoms with Crippen LogP contribution in [0.25, 0.3) is 0 Å². The summed E-state index contributed by atoms with van der Waals surface area (Å²) >= 11 is 0. The van der Waals surface area contributed by atoms with E-state index in [1.807, 2.05) is 0 Å². The first-order chi connectivity index (χ1) is 8.86. The van der Waals surface area contributed by atoms with Gasteiger partial charge in [-0.15, -0.1) is 0 Å². The van der Waals surface area contributed by atoms with E-state index in [0.29, 0.717) is 0 Å². The summed E-state index contributed by atoms with van der Waals surface area (Å²) in [6.45, 7) is 1.54. The van der Waals surface area contributed by atoms with Gasteiger partial charge in [0.05, 0.1) is 24.5 Å². The van der Waals surface area contributed by atoms with Gasteiger partial charge in [-0.25, -0.2) is 8.42 Å². The Morgan fingerprint density at radius 2 is 2.11 bits per heavy atom. The van der Waals surface area contributed by atoms with E-state index >= 15 is 0 Å². The first-order valence-corrected chi connectivity index (χ1v) is 7.52. The average molecular weight is 287 g/mol. The van der Waals surface area contributed by atoms with Crippen LogP contribution in [0.5, 0.6) is 0 Å². The number of aryl methyl sites for hydroxylation is 1. The summed E-state index contributed by atoms with van der Waals surface area (Å²) in [5, 5.41) is -0.820. The number of ether oxygens (including phenoxy) is 1. The van der Waals surface area contributed by atoms with Crippen LogP contribution in [-0.2, 0) is 25.9 Å². The van der Waals surface area contributed by atoms with Gasteiger partial charge in [0.25, 0.3) is 5.56 Å². The summed E-state index contributed by atoms with van der Waals surface area (Å²) in [4.78, 5) is 22.5. The molecule has 0 N–H and O–H groups in total. The summed E-state index contributed by atoms with van der Waals surface area (Å²) in [6, 6.07) is 4.61. The number of aromatic nitrogens is 1. The fourth-order valence-electron chi connectivity index (χ4n) is 1.52. The van der Waals surface area contributed by atoms with Crippen molar-refractivity contribution in [1.29, 1.82) is 0 Å². The summed E-state index contributed by atoms with van der Waals surface area (Å²) in [6.07, 6.45) is 1.35. The van der Waals surface area contributed by atoms with Crippen LogP contribution in [0.4, 0.5) is 0 Å². The third kappa shape index (κ3) is 4.51. The lowest BCUT2D eigenvalue weighted by Crippen LogP contribution is -2.29. The van der Waals surface area contributed by atoms with Crippen LogP contribution in [0.1, 0.15) is 13.3 Å². The number of carbonyl (C=O) groups is 1. The number of carbonyl (C=O) groups excluding carboxylic acids is 1. The summed E-state index contributed by atoms with van der Waals surface area (Å²) in [5.41, 5.74) is -0.252. The lowest BCUT2D eigenvalue weighted by atomic mass is 10.3. The highest BCUT2D eigenvalue weighted by Gasteiger charge is 2.23. The lowest BCUT2D eigenvalue weighted by Gasteiger charge is -2.12. The molecule has 0 saturated carbocycles. The largest absolute Gasteiger partial charge is 0.469 e. The maximum Gasteiger partial charge on any atom is 0.306 e. The van der Waals surface area contributed by atoms with Crippen molar-refractivity contribution in [1.82, 2.24) is 4.57 Å². The number of pyridine rings is 1. The zero-order valence-corrected chi connectivity index (χ0v) is 11.7. The standard InChI is InChI=1S/C12H17NO5S/c1-10(9-12(15)18-2)19(16,17)8-7-13-6-4-3-5-11(13)14/h3-6,10H,7-9H2,1-2H3. The van der Waals surface area contributed by atoms with Crippen molar-refractivity contribution in [2.45, 2.75) is 25.1 Å². The van der Waals surface area contributed by atoms with Gasteiger partial charge in [0.2, 0.25) is 0 Å². The Hall–Kier alpha value is -1.63. The minimum Gasteiger partial charge on any atom is -0.469 e. The lowest BCUT2D eigenvalue weighted by molar-refractivity contribution is -0.140. The Morgan fingerprint density at radius 1 is 1.42 bits per heavy atom. The molecule has 6 nitrogen and oxygen atoms in total. The van der Waals surface area contributed by atoms with Crippen LogP contribution in [0.15, 0.2) is 29.2 Å². The third-order valence-electron chi connectivity index (χ3n) is 2.81. The van der Waals surface area contributed by atoms with Crippen molar-refractivity contribution in [3.05, 3.63) is 34.7 Å². The van der Waals surface area contributed by atoms with Gasteiger partial charge in [0, 0.05) is 18.8 Å². The van der Waals surface area contributed by atoms with Crippen molar-refractivity contribution < 1.29 is 17.9 Å². The predicted molar refractivity (Wildman–Crippen MR) is 70.6 cm³/mol. The summed E-state index contributed by atoms with van der Waals surface area (Å²) < 4.78 is 29.6. The molecule has 1 atom stereocenters. The zero-order valence-electron chi connectivity index (χ0n) is 10.9. The van der Waals surface area contributed by atoms with E-state index < -0.39 is 21.1 Å². The maximum atomic E-state index is 11.9. The van der Waals surface area contributed by atoms with Crippen LogP contribution in [0.2, 0.25) is 0 Å². The van der Waals surface area contributed by atoms with Crippen LogP contribution in [0.3, 0.4) is 0 Å². The maximum absolute atomic E-state index is 11.9. The average Bonchev–Trinajstić information content (AvgIpc) is 2.37. The molecule has 1 heterocycles. The van der Waals surface area contributed by atoms with Crippen LogP contribution in [-0.4, -0.2) is 37.1 Å². The second kappa shape index (κ2) is 6.51. The van der Waals surface area contributed by atoms with E-state index in [0.717, 1.165) is 0 Å². The van der Waals surface area contributed by atoms with Gasteiger partial charge in [-0.2, -0.15) is 0 Å². The van der Waals surface area contributed by atoms with Gasteiger partial charge in [-0.05, 0) is 13.0 Å². The highest BCUT2D eigenvalue weighted by Crippen LogP contribution is 2.08. The SMILES string of the molecule is COC(=O)CC(C)S(=O)(=O)CCn1ccccc1=O. The number of esters is 1. The highest BCUT2D eigenvalue weighted by molar-refractivity contribution is 7.92. The minimum absolute atomic E-state index is 0.0769. The summed E-state index contributed by atoms with van der Waals surface area (Å²) in [7, 11) is -2.23. The topological polar surface area (TPSA) is 82.4 Å². The highest BCUT2D eigenvalue weighted by atomic mass is 32.2. The Labute approximate surface area is 111 Å². The number of hydrogen-bond acceptors (Lipinski definition) is 5. The fraction of sp³-hybridized carbons (Fsp3) is 0.500. The van der Waals surface area contributed by atoms with Crippen molar-refractivity contribution in [2.24, 2.45) is 0 Å². The van der Waals surface area contributed by atoms with Gasteiger partial charge >= 0.3 is 5.97 Å². The first kappa shape index (κ1) is 15.4. The predicted octanol–water partition coefficient (Wildman–Crippen LogP) is 0.215. The molecule has 19 heavy (non-hydrogen) atoms. The number of methoxy groups -OCH3 is 1. The molecular weight excluding hydrogens is 270 g/mol. The molecule has 1 aromatic heterocycles. The van der Waals surface area contributed by atoms with Crippen LogP contribution < -0.4 is 5.56 Å². The Morgan fingerprint density at radius 3 is 2.68 bits per heavy atom. The molecule has 0 radical (unpaired) electrons. The third-order valence-corrected chi connectivity index (χ3v) is 4.95. The summed E-state index contributed by atoms with van der Waals surface area (Å²) in [5.74, 6) is -0.748. The van der Waals surface area contributed by atoms with E-state index in [1.165, 1.54) is 30.9 Å². The van der Waals surface area contributed by atoms with Crippen molar-refractivity contribution in [3.8, 4) is 0 Å². The Kier molecular flexibility index (Phi) is 5.29. The van der Waals surface area contributed by atoms with Gasteiger partial charge in [-0.1, -0.05) is 6.07 Å². The van der Waals surface area contributed by atoms with E-state index in [1.54, 1.807) is 12.1 Å². The Balaban J connectivity index is 2.68. The minimum atomic E-state index is -3.44. The van der Waals surface area contributed by atoms with Gasteiger partial charge in [0.15, 0.2) is 9.84 Å². The molecule has 0 aliphatic heterocycles. The molecule has 0 saturated heterocycles. The van der Waals surface area contributed by atoms with E-state index in [4.69, 9.17) is 0 Å². The van der Waals surface area contributed by atoms with Crippen LogP contribution in [0, 0.1) is 0 Å². The molecule has 0 aromatic carbocycles. The fourth-order valence-corrected chi connectivity index (χ4v) is 2.76. The number of sulfone groups is 1. The van der Waals surface area contributed by atoms with Crippen molar-refractivity contribution in [2.75, 3.05) is 12.9 Å². The molecule has 7 heteroatoms. The zero-order chi connectivity index (χ0) is 14.5. The van der Waals surface area contributed by atoms with Gasteiger partial charge in [0.1, 0.15) is 0 Å². The monoisotopic (exact) mass is 287 g/mol. The van der Waals surface area contributed by atoms with Crippen LogP contribution >= 0.6 is 0 Å². The van der Waals surface area contributed by atoms with Crippen molar-refractivity contribution >= 4 is 15.8 Å². The van der Waals surface area contributed by atoms with Gasteiger partial charge < -0.3 is 9.30 Å². The number of rotatable bonds is 6. The Bertz CT molecular complexity index is 590. The molecule has 0 aliphatic rings. The van der Waals surface area contributed by atoms with E-state index in [-0.39, 0.29) is 24.3 Å². The molecule has 1 unspecified atom stereocenters. The molecular formula is C12H17NO5S. The first-order valence-electron chi connectivity index (χ1n) is 5.80. The molecule has 106 valence electrons. The number of nitrogens with zero attached hydrogens (tertiary/aromatic N) is 1. The molecule has 0 fully saturated rings. The van der Waals surface area contributed by atoms with E-state index in [2.05, 4.69) is 4.74 Å². The molecule has 0 bridgehead atoms. The van der Waals surface area contributed by atoms with Crippen molar-refractivity contribution in [3.63, 3.8) is 0 Å². The number of hydrogen-bond donors (Lipinski definition) is 0. The second-order valence-corrected chi connectivity index (χ2v) is 6.73.